The van der Waals surface area contributed by atoms with Gasteiger partial charge >= 0.3 is 5.97 Å². The molecule has 24 unspecified atom stereocenters. The average Bonchev–Trinajstić information content (AvgIpc) is 3.21. The summed E-state index contributed by atoms with van der Waals surface area (Å²) >= 11 is 0. The van der Waals surface area contributed by atoms with Gasteiger partial charge in [0.15, 0.2) is 25.0 Å². The zero-order valence-electron chi connectivity index (χ0n) is 38.6. The van der Waals surface area contributed by atoms with Gasteiger partial charge in [-0.25, -0.2) is 4.79 Å². The number of rotatable bonds is 8. The van der Waals surface area contributed by atoms with Crippen LogP contribution in [0.15, 0.2) is 12.2 Å². The normalized spacial score (nSPS) is 55.6. The number of hydrogen-bond donors (Lipinski definition) is 10. The van der Waals surface area contributed by atoms with Crippen LogP contribution in [0.1, 0.15) is 107 Å². The molecule has 0 bridgehead atoms. The third kappa shape index (κ3) is 7.58. The Bertz CT molecular complexity index is 1750. The fourth-order valence-electron chi connectivity index (χ4n) is 14.9. The van der Waals surface area contributed by atoms with E-state index in [9.17, 15) is 55.9 Å². The second-order valence-corrected chi connectivity index (χ2v) is 23.4. The minimum absolute atomic E-state index is 0.0161. The number of aliphatic hydroxyl groups is 9. The van der Waals surface area contributed by atoms with E-state index in [2.05, 4.69) is 67.5 Å². The van der Waals surface area contributed by atoms with Crippen molar-refractivity contribution >= 4 is 5.97 Å². The van der Waals surface area contributed by atoms with Gasteiger partial charge in [-0.15, -0.1) is 0 Å². The van der Waals surface area contributed by atoms with Crippen LogP contribution in [0.2, 0.25) is 0 Å². The largest absolute Gasteiger partial charge is 0.479 e. The van der Waals surface area contributed by atoms with Crippen LogP contribution >= 0.6 is 0 Å². The molecule has 8 rings (SSSR count). The van der Waals surface area contributed by atoms with E-state index >= 15 is 0 Å². The van der Waals surface area contributed by atoms with Crippen molar-refractivity contribution in [2.24, 2.45) is 56.2 Å². The molecule has 5 aliphatic carbocycles. The van der Waals surface area contributed by atoms with Gasteiger partial charge in [0.05, 0.1) is 25.4 Å². The molecular formula is C47H76O17. The Morgan fingerprint density at radius 1 is 0.656 bits per heavy atom. The molecule has 366 valence electrons. The number of carboxylic acid groups (broad SMARTS) is 1. The molecule has 10 N–H and O–H groups in total. The lowest BCUT2D eigenvalue weighted by Crippen LogP contribution is -2.68. The lowest BCUT2D eigenvalue weighted by Gasteiger charge is -2.72. The van der Waals surface area contributed by atoms with Gasteiger partial charge in [0.25, 0.3) is 0 Å². The van der Waals surface area contributed by atoms with Gasteiger partial charge in [-0.05, 0) is 108 Å². The maximum atomic E-state index is 12.4. The summed E-state index contributed by atoms with van der Waals surface area (Å²) < 4.78 is 36.0. The quantitative estimate of drug-likeness (QED) is 0.121. The van der Waals surface area contributed by atoms with Crippen molar-refractivity contribution in [1.82, 2.24) is 0 Å². The SMILES string of the molecule is CC1(C)CC(O)C2(C)CCC3(C)C(C=CC4C5(C)CCC(OC6OC(C(=O)O)C(O)C(O)C6OC6OC(CO)C(O)C(O)C6OC6OCC(O)C(O)C6O)C(C)(C)C5CCC43C)C2C1. The molecule has 0 spiro atoms. The molecule has 0 radical (unpaired) electrons. The molecule has 0 aromatic rings. The molecule has 64 heavy (non-hydrogen) atoms. The summed E-state index contributed by atoms with van der Waals surface area (Å²) in [5.41, 5.74) is -0.764. The van der Waals surface area contributed by atoms with Crippen molar-refractivity contribution < 1.29 is 84.3 Å². The predicted molar refractivity (Wildman–Crippen MR) is 224 cm³/mol. The first-order chi connectivity index (χ1) is 29.8. The molecule has 0 amide bonds. The molecule has 4 saturated carbocycles. The van der Waals surface area contributed by atoms with Crippen molar-refractivity contribution in [1.29, 1.82) is 0 Å². The minimum atomic E-state index is -2.02. The number of fused-ring (bicyclic) bond motifs is 7. The van der Waals surface area contributed by atoms with Crippen molar-refractivity contribution in [2.45, 2.75) is 205 Å². The van der Waals surface area contributed by atoms with E-state index in [1.807, 2.05) is 0 Å². The number of aliphatic hydroxyl groups excluding tert-OH is 9. The van der Waals surface area contributed by atoms with Crippen molar-refractivity contribution in [3.63, 3.8) is 0 Å². The number of allylic oxidation sites excluding steroid dienone is 2. The third-order valence-corrected chi connectivity index (χ3v) is 19.1. The van der Waals surface area contributed by atoms with E-state index in [0.717, 1.165) is 44.9 Å². The van der Waals surface area contributed by atoms with Gasteiger partial charge in [-0.1, -0.05) is 67.5 Å². The van der Waals surface area contributed by atoms with Crippen LogP contribution in [0.4, 0.5) is 0 Å². The van der Waals surface area contributed by atoms with E-state index in [1.54, 1.807) is 0 Å². The smallest absolute Gasteiger partial charge is 0.335 e. The van der Waals surface area contributed by atoms with E-state index in [0.29, 0.717) is 18.3 Å². The highest BCUT2D eigenvalue weighted by Gasteiger charge is 2.70. The molecule has 17 heteroatoms. The van der Waals surface area contributed by atoms with Crippen molar-refractivity contribution in [3.8, 4) is 0 Å². The lowest BCUT2D eigenvalue weighted by molar-refractivity contribution is -0.392. The van der Waals surface area contributed by atoms with Crippen LogP contribution in [0.5, 0.6) is 0 Å². The summed E-state index contributed by atoms with van der Waals surface area (Å²) in [5.74, 6) is -0.453. The third-order valence-electron chi connectivity index (χ3n) is 19.1. The summed E-state index contributed by atoms with van der Waals surface area (Å²) in [6.45, 7) is 17.4. The fraction of sp³-hybridized carbons (Fsp3) is 0.936. The Morgan fingerprint density at radius 2 is 1.30 bits per heavy atom. The number of ether oxygens (including phenoxy) is 6. The van der Waals surface area contributed by atoms with Gasteiger partial charge in [0, 0.05) is 0 Å². The Kier molecular flexibility index (Phi) is 13.0. The summed E-state index contributed by atoms with van der Waals surface area (Å²) in [7, 11) is 0. The van der Waals surface area contributed by atoms with Gasteiger partial charge in [0.2, 0.25) is 0 Å². The predicted octanol–water partition coefficient (Wildman–Crippen LogP) is 1.20. The number of carboxylic acids is 1. The van der Waals surface area contributed by atoms with Gasteiger partial charge < -0.3 is 79.5 Å². The monoisotopic (exact) mass is 913 g/mol. The maximum absolute atomic E-state index is 12.4. The van der Waals surface area contributed by atoms with Crippen molar-refractivity contribution in [3.05, 3.63) is 12.2 Å². The zero-order chi connectivity index (χ0) is 46.9. The number of carbonyl (C=O) groups is 1. The van der Waals surface area contributed by atoms with E-state index < -0.39 is 117 Å². The molecule has 3 heterocycles. The summed E-state index contributed by atoms with van der Waals surface area (Å²) in [6, 6.07) is 0. The first kappa shape index (κ1) is 49.0. The molecule has 7 fully saturated rings. The highest BCUT2D eigenvalue weighted by molar-refractivity contribution is 5.73. The Balaban J connectivity index is 1.06. The zero-order valence-corrected chi connectivity index (χ0v) is 38.6. The standard InChI is InChI=1S/C47H76O17/c1-42(2)17-22-21-9-10-26-45(6)13-12-28(43(3,4)25(45)11-14-47(26,8)46(21,7)16-15-44(22,5)27(50)18-42)61-41-37(33(55)32(54)35(62-41)38(57)58)64-40-36(31(53)30(52)24(19-48)60-40)63-39-34(56)29(51)23(49)20-59-39/h9-10,21-37,39-41,48-56H,11-20H2,1-8H3,(H,57,58). The van der Waals surface area contributed by atoms with Crippen LogP contribution in [0, 0.1) is 56.2 Å². The highest BCUT2D eigenvalue weighted by Crippen LogP contribution is 2.75. The first-order valence-corrected chi connectivity index (χ1v) is 23.6. The van der Waals surface area contributed by atoms with Crippen LogP contribution in [0.3, 0.4) is 0 Å². The average molecular weight is 913 g/mol. The number of hydrogen-bond acceptors (Lipinski definition) is 16. The van der Waals surface area contributed by atoms with Crippen LogP contribution in [-0.4, -0.2) is 168 Å². The maximum Gasteiger partial charge on any atom is 0.335 e. The molecule has 17 nitrogen and oxygen atoms in total. The molecule has 3 aliphatic heterocycles. The first-order valence-electron chi connectivity index (χ1n) is 23.6. The molecule has 0 aromatic carbocycles. The summed E-state index contributed by atoms with van der Waals surface area (Å²) in [6.07, 6.45) is -13.2. The van der Waals surface area contributed by atoms with Gasteiger partial charge in [-0.3, -0.25) is 0 Å². The number of aliphatic carboxylic acids is 1. The molecule has 8 aliphatic rings. The van der Waals surface area contributed by atoms with Crippen LogP contribution < -0.4 is 0 Å². The molecule has 0 aromatic heterocycles. The van der Waals surface area contributed by atoms with Gasteiger partial charge in [-0.2, -0.15) is 0 Å². The molecular weight excluding hydrogens is 836 g/mol. The minimum Gasteiger partial charge on any atom is -0.479 e. The molecule has 3 saturated heterocycles. The summed E-state index contributed by atoms with van der Waals surface area (Å²) in [5, 5.41) is 107. The van der Waals surface area contributed by atoms with Crippen LogP contribution in [-0.2, 0) is 33.2 Å². The second kappa shape index (κ2) is 16.9. The summed E-state index contributed by atoms with van der Waals surface area (Å²) in [4.78, 5) is 12.4. The highest BCUT2D eigenvalue weighted by atomic mass is 16.8. The fourth-order valence-corrected chi connectivity index (χ4v) is 14.9. The van der Waals surface area contributed by atoms with Gasteiger partial charge in [0.1, 0.15) is 61.0 Å². The van der Waals surface area contributed by atoms with Crippen molar-refractivity contribution in [2.75, 3.05) is 13.2 Å². The Labute approximate surface area is 376 Å². The van der Waals surface area contributed by atoms with E-state index in [1.165, 1.54) is 0 Å². The topological polar surface area (TPSA) is 275 Å². The van der Waals surface area contributed by atoms with Crippen LogP contribution in [0.25, 0.3) is 0 Å². The second-order valence-electron chi connectivity index (χ2n) is 23.4. The Morgan fingerprint density at radius 3 is 1.95 bits per heavy atom. The Hall–Kier alpha value is -1.39. The molecule has 24 atom stereocenters. The van der Waals surface area contributed by atoms with E-state index in [4.69, 9.17) is 28.4 Å². The van der Waals surface area contributed by atoms with E-state index in [-0.39, 0.29) is 45.0 Å². The lowest BCUT2D eigenvalue weighted by atomic mass is 9.33.